The molecule has 0 radical (unpaired) electrons. The van der Waals surface area contributed by atoms with Crippen molar-refractivity contribution in [2.24, 2.45) is 11.8 Å². The summed E-state index contributed by atoms with van der Waals surface area (Å²) in [5.41, 5.74) is 4.75. The molecule has 0 aliphatic heterocycles. The molecule has 74 valence electrons. The maximum atomic E-state index is 2.43. The summed E-state index contributed by atoms with van der Waals surface area (Å²) in [6, 6.07) is 7.05. The fourth-order valence-electron chi connectivity index (χ4n) is 3.50. The van der Waals surface area contributed by atoms with E-state index in [0.717, 1.165) is 17.8 Å². The molecule has 0 amide bonds. The van der Waals surface area contributed by atoms with Crippen LogP contribution in [-0.2, 0) is 6.42 Å². The number of fused-ring (bicyclic) bond motifs is 3. The van der Waals surface area contributed by atoms with Gasteiger partial charge in [-0.05, 0) is 55.1 Å². The fraction of sp³-hybridized carbons (Fsp3) is 0.571. The van der Waals surface area contributed by atoms with E-state index in [1.54, 1.807) is 11.1 Å². The molecule has 0 N–H and O–H groups in total. The van der Waals surface area contributed by atoms with Gasteiger partial charge in [0.25, 0.3) is 0 Å². The van der Waals surface area contributed by atoms with E-state index in [2.05, 4.69) is 32.0 Å². The van der Waals surface area contributed by atoms with E-state index in [1.165, 1.54) is 24.8 Å². The van der Waals surface area contributed by atoms with Crippen LogP contribution in [0.2, 0.25) is 0 Å². The Morgan fingerprint density at radius 1 is 1.21 bits per heavy atom. The molecule has 2 aliphatic rings. The molecule has 14 heavy (non-hydrogen) atoms. The summed E-state index contributed by atoms with van der Waals surface area (Å²) in [6.07, 6.45) is 4.23. The smallest absolute Gasteiger partial charge is 0.0125 e. The standard InChI is InChI=1S/C14H18/c1-9-3-5-11-8-13-10(2)4-6-12(13)14(11)7-9/h3,5,7,10,12-13H,4,6,8H2,1-2H3. The summed E-state index contributed by atoms with van der Waals surface area (Å²) in [7, 11) is 0. The monoisotopic (exact) mass is 186 g/mol. The van der Waals surface area contributed by atoms with Crippen molar-refractivity contribution in [3.8, 4) is 0 Å². The Balaban J connectivity index is 2.05. The molecule has 3 unspecified atom stereocenters. The molecule has 1 aromatic carbocycles. The topological polar surface area (TPSA) is 0 Å². The highest BCUT2D eigenvalue weighted by molar-refractivity contribution is 5.40. The minimum absolute atomic E-state index is 0.903. The lowest BCUT2D eigenvalue weighted by molar-refractivity contribution is 0.411. The van der Waals surface area contributed by atoms with E-state index in [1.807, 2.05) is 0 Å². The minimum atomic E-state index is 0.903. The van der Waals surface area contributed by atoms with E-state index >= 15 is 0 Å². The maximum absolute atomic E-state index is 2.43. The zero-order valence-corrected chi connectivity index (χ0v) is 9.09. The maximum Gasteiger partial charge on any atom is -0.0125 e. The van der Waals surface area contributed by atoms with Crippen molar-refractivity contribution in [1.82, 2.24) is 0 Å². The molecule has 3 rings (SSSR count). The Bertz CT molecular complexity index is 364. The van der Waals surface area contributed by atoms with Crippen LogP contribution in [0.15, 0.2) is 18.2 Å². The van der Waals surface area contributed by atoms with Crippen molar-refractivity contribution in [2.45, 2.75) is 39.0 Å². The lowest BCUT2D eigenvalue weighted by Gasteiger charge is -2.13. The van der Waals surface area contributed by atoms with Gasteiger partial charge in [0, 0.05) is 0 Å². The van der Waals surface area contributed by atoms with Crippen molar-refractivity contribution in [2.75, 3.05) is 0 Å². The minimum Gasteiger partial charge on any atom is -0.0622 e. The molecule has 3 atom stereocenters. The number of benzene rings is 1. The fourth-order valence-corrected chi connectivity index (χ4v) is 3.50. The van der Waals surface area contributed by atoms with E-state index in [0.29, 0.717) is 0 Å². The second kappa shape index (κ2) is 2.85. The first kappa shape index (κ1) is 8.52. The molecular weight excluding hydrogens is 168 g/mol. The van der Waals surface area contributed by atoms with Gasteiger partial charge >= 0.3 is 0 Å². The van der Waals surface area contributed by atoms with Crippen molar-refractivity contribution < 1.29 is 0 Å². The Kier molecular flexibility index (Phi) is 1.74. The normalized spacial score (nSPS) is 34.3. The molecule has 0 nitrogen and oxygen atoms in total. The summed E-state index contributed by atoms with van der Waals surface area (Å²) in [5, 5.41) is 0. The summed E-state index contributed by atoms with van der Waals surface area (Å²) in [6.45, 7) is 4.65. The Morgan fingerprint density at radius 2 is 2.07 bits per heavy atom. The van der Waals surface area contributed by atoms with Crippen LogP contribution in [0.5, 0.6) is 0 Å². The third-order valence-corrected chi connectivity index (χ3v) is 4.34. The van der Waals surface area contributed by atoms with Crippen LogP contribution in [0.3, 0.4) is 0 Å². The number of rotatable bonds is 0. The average Bonchev–Trinajstić information content (AvgIpc) is 2.67. The van der Waals surface area contributed by atoms with Gasteiger partial charge in [-0.25, -0.2) is 0 Å². The molecular formula is C14H18. The van der Waals surface area contributed by atoms with Gasteiger partial charge in [0.15, 0.2) is 0 Å². The SMILES string of the molecule is Cc1ccc2c(c1)C1CCC(C)C1C2. The first-order valence-corrected chi connectivity index (χ1v) is 5.85. The molecule has 0 heterocycles. The summed E-state index contributed by atoms with van der Waals surface area (Å²) >= 11 is 0. The largest absolute Gasteiger partial charge is 0.0622 e. The Hall–Kier alpha value is -0.780. The molecule has 0 saturated heterocycles. The van der Waals surface area contributed by atoms with Gasteiger partial charge in [0.1, 0.15) is 0 Å². The lowest BCUT2D eigenvalue weighted by atomic mass is 9.91. The molecule has 0 heteroatoms. The molecule has 2 aliphatic carbocycles. The van der Waals surface area contributed by atoms with Crippen molar-refractivity contribution in [1.29, 1.82) is 0 Å². The highest BCUT2D eigenvalue weighted by Gasteiger charge is 2.39. The van der Waals surface area contributed by atoms with Crippen LogP contribution in [0.25, 0.3) is 0 Å². The van der Waals surface area contributed by atoms with Crippen LogP contribution < -0.4 is 0 Å². The molecule has 0 bridgehead atoms. The van der Waals surface area contributed by atoms with Gasteiger partial charge in [0.05, 0.1) is 0 Å². The predicted octanol–water partition coefficient (Wildman–Crippen LogP) is 3.68. The Morgan fingerprint density at radius 3 is 2.93 bits per heavy atom. The van der Waals surface area contributed by atoms with Crippen LogP contribution in [-0.4, -0.2) is 0 Å². The highest BCUT2D eigenvalue weighted by Crippen LogP contribution is 2.51. The van der Waals surface area contributed by atoms with Crippen LogP contribution in [0, 0.1) is 18.8 Å². The second-order valence-corrected chi connectivity index (χ2v) is 5.23. The van der Waals surface area contributed by atoms with Crippen LogP contribution >= 0.6 is 0 Å². The molecule has 0 spiro atoms. The quantitative estimate of drug-likeness (QED) is 0.580. The molecule has 1 aromatic rings. The molecule has 1 saturated carbocycles. The predicted molar refractivity (Wildman–Crippen MR) is 59.5 cm³/mol. The van der Waals surface area contributed by atoms with Gasteiger partial charge in [0.2, 0.25) is 0 Å². The zero-order valence-electron chi connectivity index (χ0n) is 9.09. The summed E-state index contributed by atoms with van der Waals surface area (Å²) in [4.78, 5) is 0. The van der Waals surface area contributed by atoms with Gasteiger partial charge in [-0.15, -0.1) is 0 Å². The first-order chi connectivity index (χ1) is 6.75. The number of hydrogen-bond acceptors (Lipinski definition) is 0. The van der Waals surface area contributed by atoms with Crippen molar-refractivity contribution >= 4 is 0 Å². The van der Waals surface area contributed by atoms with Gasteiger partial charge in [-0.3, -0.25) is 0 Å². The molecule has 1 fully saturated rings. The van der Waals surface area contributed by atoms with Crippen LogP contribution in [0.1, 0.15) is 42.4 Å². The average molecular weight is 186 g/mol. The first-order valence-electron chi connectivity index (χ1n) is 5.85. The third kappa shape index (κ3) is 1.06. The van der Waals surface area contributed by atoms with E-state index in [9.17, 15) is 0 Å². The Labute approximate surface area is 86.3 Å². The third-order valence-electron chi connectivity index (χ3n) is 4.34. The zero-order chi connectivity index (χ0) is 9.71. The number of hydrogen-bond donors (Lipinski definition) is 0. The van der Waals surface area contributed by atoms with Gasteiger partial charge in [-0.2, -0.15) is 0 Å². The van der Waals surface area contributed by atoms with E-state index < -0.39 is 0 Å². The summed E-state index contributed by atoms with van der Waals surface area (Å²) in [5.74, 6) is 2.82. The molecule has 0 aromatic heterocycles. The lowest BCUT2D eigenvalue weighted by Crippen LogP contribution is -2.06. The van der Waals surface area contributed by atoms with Gasteiger partial charge < -0.3 is 0 Å². The van der Waals surface area contributed by atoms with E-state index in [-0.39, 0.29) is 0 Å². The second-order valence-electron chi connectivity index (χ2n) is 5.23. The van der Waals surface area contributed by atoms with E-state index in [4.69, 9.17) is 0 Å². The highest BCUT2D eigenvalue weighted by atomic mass is 14.4. The van der Waals surface area contributed by atoms with Crippen LogP contribution in [0.4, 0.5) is 0 Å². The van der Waals surface area contributed by atoms with Crippen molar-refractivity contribution in [3.63, 3.8) is 0 Å². The number of aryl methyl sites for hydroxylation is 1. The van der Waals surface area contributed by atoms with Gasteiger partial charge in [-0.1, -0.05) is 30.7 Å². The summed E-state index contributed by atoms with van der Waals surface area (Å²) < 4.78 is 0. The van der Waals surface area contributed by atoms with Crippen molar-refractivity contribution in [3.05, 3.63) is 34.9 Å².